The molecule has 0 bridgehead atoms. The van der Waals surface area contributed by atoms with Crippen LogP contribution in [0, 0.1) is 6.92 Å². The standard InChI is InChI=1S/C14H16N2O4/c1-9-13(14(18)16-15)6-12(20-9)8-19-11-4-2-3-10(5-11)7-17/h2-6,17H,7-8,15H2,1H3,(H,16,18). The average Bonchev–Trinajstić information content (AvgIpc) is 2.85. The summed E-state index contributed by atoms with van der Waals surface area (Å²) in [7, 11) is 0. The lowest BCUT2D eigenvalue weighted by atomic mass is 10.2. The van der Waals surface area contributed by atoms with E-state index in [2.05, 4.69) is 5.43 Å². The summed E-state index contributed by atoms with van der Waals surface area (Å²) in [6, 6.07) is 8.70. The molecule has 0 saturated heterocycles. The van der Waals surface area contributed by atoms with E-state index in [1.54, 1.807) is 37.3 Å². The monoisotopic (exact) mass is 276 g/mol. The van der Waals surface area contributed by atoms with Gasteiger partial charge in [-0.05, 0) is 30.7 Å². The topological polar surface area (TPSA) is 97.7 Å². The molecule has 0 atom stereocenters. The molecule has 0 radical (unpaired) electrons. The maximum Gasteiger partial charge on any atom is 0.268 e. The number of aryl methyl sites for hydroxylation is 1. The van der Waals surface area contributed by atoms with E-state index in [9.17, 15) is 4.79 Å². The van der Waals surface area contributed by atoms with Crippen LogP contribution < -0.4 is 16.0 Å². The summed E-state index contributed by atoms with van der Waals surface area (Å²) in [5.74, 6) is 6.31. The second-order valence-electron chi connectivity index (χ2n) is 4.25. The summed E-state index contributed by atoms with van der Waals surface area (Å²) in [5.41, 5.74) is 3.21. The zero-order valence-electron chi connectivity index (χ0n) is 11.1. The average molecular weight is 276 g/mol. The van der Waals surface area contributed by atoms with Gasteiger partial charge in [-0.3, -0.25) is 10.2 Å². The Bertz CT molecular complexity index is 607. The van der Waals surface area contributed by atoms with E-state index < -0.39 is 5.91 Å². The molecule has 0 aliphatic heterocycles. The van der Waals surface area contributed by atoms with Gasteiger partial charge in [-0.1, -0.05) is 12.1 Å². The number of carbonyl (C=O) groups excluding carboxylic acids is 1. The predicted molar refractivity (Wildman–Crippen MR) is 71.8 cm³/mol. The Morgan fingerprint density at radius 3 is 2.95 bits per heavy atom. The number of aliphatic hydroxyl groups excluding tert-OH is 1. The number of benzene rings is 1. The van der Waals surface area contributed by atoms with Gasteiger partial charge in [0.1, 0.15) is 23.9 Å². The number of rotatable bonds is 5. The van der Waals surface area contributed by atoms with Crippen molar-refractivity contribution in [1.82, 2.24) is 5.43 Å². The van der Waals surface area contributed by atoms with Gasteiger partial charge in [0.15, 0.2) is 0 Å². The number of nitrogens with two attached hydrogens (primary N) is 1. The molecule has 0 unspecified atom stereocenters. The fraction of sp³-hybridized carbons (Fsp3) is 0.214. The summed E-state index contributed by atoms with van der Waals surface area (Å²) < 4.78 is 11.0. The molecule has 0 fully saturated rings. The Labute approximate surface area is 116 Å². The van der Waals surface area contributed by atoms with E-state index in [-0.39, 0.29) is 13.2 Å². The molecule has 6 nitrogen and oxygen atoms in total. The summed E-state index contributed by atoms with van der Waals surface area (Å²) in [6.07, 6.45) is 0. The molecule has 1 aromatic carbocycles. The molecule has 0 aliphatic carbocycles. The summed E-state index contributed by atoms with van der Waals surface area (Å²) >= 11 is 0. The van der Waals surface area contributed by atoms with Crippen LogP contribution in [0.15, 0.2) is 34.7 Å². The number of hydrazine groups is 1. The second kappa shape index (κ2) is 6.23. The van der Waals surface area contributed by atoms with Crippen molar-refractivity contribution in [2.45, 2.75) is 20.1 Å². The van der Waals surface area contributed by atoms with Gasteiger partial charge < -0.3 is 14.3 Å². The van der Waals surface area contributed by atoms with Crippen LogP contribution in [0.3, 0.4) is 0 Å². The normalized spacial score (nSPS) is 10.3. The van der Waals surface area contributed by atoms with Crippen LogP contribution in [0.2, 0.25) is 0 Å². The Morgan fingerprint density at radius 2 is 2.25 bits per heavy atom. The highest BCUT2D eigenvalue weighted by Crippen LogP contribution is 2.18. The SMILES string of the molecule is Cc1oc(COc2cccc(CO)c2)cc1C(=O)NN. The summed E-state index contributed by atoms with van der Waals surface area (Å²) in [6.45, 7) is 1.83. The Morgan fingerprint density at radius 1 is 1.45 bits per heavy atom. The molecule has 1 amide bonds. The third-order valence-corrected chi connectivity index (χ3v) is 2.81. The van der Waals surface area contributed by atoms with E-state index in [1.165, 1.54) is 0 Å². The highest BCUT2D eigenvalue weighted by Gasteiger charge is 2.14. The van der Waals surface area contributed by atoms with Gasteiger partial charge >= 0.3 is 0 Å². The molecule has 0 saturated carbocycles. The van der Waals surface area contributed by atoms with Crippen molar-refractivity contribution in [2.24, 2.45) is 5.84 Å². The van der Waals surface area contributed by atoms with Crippen molar-refractivity contribution in [3.63, 3.8) is 0 Å². The van der Waals surface area contributed by atoms with Gasteiger partial charge in [-0.25, -0.2) is 5.84 Å². The van der Waals surface area contributed by atoms with Gasteiger partial charge in [0, 0.05) is 0 Å². The number of ether oxygens (including phenoxy) is 1. The molecule has 4 N–H and O–H groups in total. The molecule has 20 heavy (non-hydrogen) atoms. The number of hydrogen-bond acceptors (Lipinski definition) is 5. The number of nitrogen functional groups attached to an aromatic ring is 1. The van der Waals surface area contributed by atoms with Gasteiger partial charge in [0.2, 0.25) is 0 Å². The van der Waals surface area contributed by atoms with Crippen molar-refractivity contribution < 1.29 is 19.1 Å². The van der Waals surface area contributed by atoms with E-state index in [0.717, 1.165) is 5.56 Å². The maximum absolute atomic E-state index is 11.4. The Kier molecular flexibility index (Phi) is 4.39. The van der Waals surface area contributed by atoms with Gasteiger partial charge in [0.25, 0.3) is 5.91 Å². The first-order valence-electron chi connectivity index (χ1n) is 6.07. The molecular formula is C14H16N2O4. The van der Waals surface area contributed by atoms with Gasteiger partial charge in [-0.15, -0.1) is 0 Å². The first-order chi connectivity index (χ1) is 9.63. The number of amides is 1. The minimum Gasteiger partial charge on any atom is -0.486 e. The molecule has 106 valence electrons. The number of aliphatic hydroxyl groups is 1. The zero-order chi connectivity index (χ0) is 14.5. The van der Waals surface area contributed by atoms with Crippen LogP contribution in [-0.4, -0.2) is 11.0 Å². The first-order valence-corrected chi connectivity index (χ1v) is 6.07. The van der Waals surface area contributed by atoms with Crippen LogP contribution in [-0.2, 0) is 13.2 Å². The Balaban J connectivity index is 2.05. The maximum atomic E-state index is 11.4. The predicted octanol–water partition coefficient (Wildman–Crippen LogP) is 1.26. The minimum atomic E-state index is -0.403. The van der Waals surface area contributed by atoms with Gasteiger partial charge in [0.05, 0.1) is 12.2 Å². The lowest BCUT2D eigenvalue weighted by Gasteiger charge is -2.05. The van der Waals surface area contributed by atoms with Crippen LogP contribution in [0.25, 0.3) is 0 Å². The third-order valence-electron chi connectivity index (χ3n) is 2.81. The second-order valence-corrected chi connectivity index (χ2v) is 4.25. The number of hydrogen-bond donors (Lipinski definition) is 3. The summed E-state index contributed by atoms with van der Waals surface area (Å²) in [5, 5.41) is 9.04. The van der Waals surface area contributed by atoms with E-state index in [1.807, 2.05) is 0 Å². The first kappa shape index (κ1) is 14.1. The number of carbonyl (C=O) groups is 1. The molecule has 6 heteroatoms. The molecule has 0 spiro atoms. The van der Waals surface area contributed by atoms with Crippen LogP contribution >= 0.6 is 0 Å². The lowest BCUT2D eigenvalue weighted by Crippen LogP contribution is -2.30. The smallest absolute Gasteiger partial charge is 0.268 e. The van der Waals surface area contributed by atoms with Crippen molar-refractivity contribution >= 4 is 5.91 Å². The van der Waals surface area contributed by atoms with Crippen LogP contribution in [0.4, 0.5) is 0 Å². The number of furan rings is 1. The molecule has 1 heterocycles. The van der Waals surface area contributed by atoms with Crippen molar-refractivity contribution in [2.75, 3.05) is 0 Å². The molecule has 1 aromatic heterocycles. The largest absolute Gasteiger partial charge is 0.486 e. The molecule has 2 aromatic rings. The highest BCUT2D eigenvalue weighted by atomic mass is 16.5. The van der Waals surface area contributed by atoms with Crippen LogP contribution in [0.5, 0.6) is 5.75 Å². The number of nitrogens with one attached hydrogen (secondary N) is 1. The highest BCUT2D eigenvalue weighted by molar-refractivity contribution is 5.94. The third kappa shape index (κ3) is 3.17. The molecular weight excluding hydrogens is 260 g/mol. The van der Waals surface area contributed by atoms with E-state index in [0.29, 0.717) is 22.8 Å². The minimum absolute atomic E-state index is 0.0438. The van der Waals surface area contributed by atoms with E-state index in [4.69, 9.17) is 20.1 Å². The Hall–Kier alpha value is -2.31. The van der Waals surface area contributed by atoms with Gasteiger partial charge in [-0.2, -0.15) is 0 Å². The van der Waals surface area contributed by atoms with Crippen molar-refractivity contribution in [3.05, 3.63) is 53.0 Å². The summed E-state index contributed by atoms with van der Waals surface area (Å²) in [4.78, 5) is 11.4. The fourth-order valence-corrected chi connectivity index (χ4v) is 1.81. The van der Waals surface area contributed by atoms with Crippen LogP contribution in [0.1, 0.15) is 27.4 Å². The molecule has 2 rings (SSSR count). The van der Waals surface area contributed by atoms with E-state index >= 15 is 0 Å². The van der Waals surface area contributed by atoms with Crippen molar-refractivity contribution in [1.29, 1.82) is 0 Å². The molecule has 0 aliphatic rings. The zero-order valence-corrected chi connectivity index (χ0v) is 11.1. The lowest BCUT2D eigenvalue weighted by molar-refractivity contribution is 0.0952. The van der Waals surface area contributed by atoms with Crippen molar-refractivity contribution in [3.8, 4) is 5.75 Å². The fourth-order valence-electron chi connectivity index (χ4n) is 1.81. The quantitative estimate of drug-likeness (QED) is 0.434.